The number of hydrogen-bond acceptors (Lipinski definition) is 4. The molecule has 2 aromatic carbocycles. The summed E-state index contributed by atoms with van der Waals surface area (Å²) in [5, 5.41) is 0.438. The van der Waals surface area contributed by atoms with E-state index in [0.717, 1.165) is 0 Å². The van der Waals surface area contributed by atoms with Gasteiger partial charge in [-0.05, 0) is 36.4 Å². The first-order chi connectivity index (χ1) is 9.92. The highest BCUT2D eigenvalue weighted by atomic mass is 35.5. The number of sulfone groups is 1. The van der Waals surface area contributed by atoms with Gasteiger partial charge in [0.2, 0.25) is 0 Å². The first-order valence-corrected chi connectivity index (χ1v) is 8.11. The molecule has 0 aliphatic rings. The molecule has 110 valence electrons. The van der Waals surface area contributed by atoms with Crippen molar-refractivity contribution in [2.45, 2.75) is 4.90 Å². The molecule has 21 heavy (non-hydrogen) atoms. The Bertz CT molecular complexity index is 751. The van der Waals surface area contributed by atoms with E-state index in [2.05, 4.69) is 0 Å². The van der Waals surface area contributed by atoms with Gasteiger partial charge in [0.05, 0.1) is 12.0 Å². The number of halogens is 1. The van der Waals surface area contributed by atoms with E-state index in [1.807, 2.05) is 0 Å². The molecule has 0 saturated heterocycles. The summed E-state index contributed by atoms with van der Waals surface area (Å²) in [4.78, 5) is 12.2. The second-order valence-corrected chi connectivity index (χ2v) is 6.79. The van der Waals surface area contributed by atoms with Crippen LogP contribution in [0.4, 0.5) is 0 Å². The lowest BCUT2D eigenvalue weighted by Gasteiger charge is -2.06. The third-order valence-corrected chi connectivity index (χ3v) is 4.77. The Hall–Kier alpha value is -1.85. The quantitative estimate of drug-likeness (QED) is 0.793. The smallest absolute Gasteiger partial charge is 0.185 e. The van der Waals surface area contributed by atoms with E-state index in [1.165, 1.54) is 37.4 Å². The number of Topliss-reactive ketones (excluding diaryl/α,β-unsaturated/α-hetero) is 1. The molecule has 0 fully saturated rings. The van der Waals surface area contributed by atoms with Crippen LogP contribution in [0.25, 0.3) is 0 Å². The summed E-state index contributed by atoms with van der Waals surface area (Å²) in [6, 6.07) is 12.1. The molecule has 0 radical (unpaired) electrons. The highest BCUT2D eigenvalue weighted by Gasteiger charge is 2.20. The molecule has 0 aliphatic heterocycles. The topological polar surface area (TPSA) is 60.4 Å². The monoisotopic (exact) mass is 324 g/mol. The van der Waals surface area contributed by atoms with Crippen molar-refractivity contribution in [1.29, 1.82) is 0 Å². The molecule has 2 rings (SSSR count). The maximum Gasteiger partial charge on any atom is 0.185 e. The van der Waals surface area contributed by atoms with Crippen LogP contribution in [-0.4, -0.2) is 27.1 Å². The predicted octanol–water partition coefficient (Wildman–Crippen LogP) is 3.01. The molecule has 0 aromatic heterocycles. The van der Waals surface area contributed by atoms with Gasteiger partial charge in [-0.3, -0.25) is 4.79 Å². The van der Waals surface area contributed by atoms with Gasteiger partial charge in [0, 0.05) is 10.6 Å². The van der Waals surface area contributed by atoms with Gasteiger partial charge in [-0.2, -0.15) is 0 Å². The van der Waals surface area contributed by atoms with E-state index >= 15 is 0 Å². The summed E-state index contributed by atoms with van der Waals surface area (Å²) in [7, 11) is -2.21. The Morgan fingerprint density at radius 3 is 2.43 bits per heavy atom. The Morgan fingerprint density at radius 2 is 1.81 bits per heavy atom. The summed E-state index contributed by atoms with van der Waals surface area (Å²) in [5.41, 5.74) is 0.298. The Labute approximate surface area is 128 Å². The second kappa shape index (κ2) is 6.28. The van der Waals surface area contributed by atoms with E-state index in [1.54, 1.807) is 18.2 Å². The lowest BCUT2D eigenvalue weighted by molar-refractivity contribution is 0.102. The van der Waals surface area contributed by atoms with Crippen molar-refractivity contribution in [3.8, 4) is 5.75 Å². The molecule has 2 aromatic rings. The van der Waals surface area contributed by atoms with Gasteiger partial charge in [0.1, 0.15) is 11.5 Å². The molecule has 0 N–H and O–H groups in total. The number of ketones is 1. The third kappa shape index (κ3) is 3.83. The van der Waals surface area contributed by atoms with Gasteiger partial charge in [-0.1, -0.05) is 23.7 Å². The lowest BCUT2D eigenvalue weighted by atomic mass is 10.1. The maximum atomic E-state index is 12.2. The first-order valence-electron chi connectivity index (χ1n) is 6.08. The normalized spacial score (nSPS) is 11.1. The van der Waals surface area contributed by atoms with Crippen molar-refractivity contribution in [3.05, 3.63) is 59.1 Å². The van der Waals surface area contributed by atoms with Crippen LogP contribution in [0.3, 0.4) is 0 Å². The number of benzene rings is 2. The van der Waals surface area contributed by atoms with Crippen LogP contribution in [0, 0.1) is 0 Å². The van der Waals surface area contributed by atoms with Crippen LogP contribution >= 0.6 is 11.6 Å². The Balaban J connectivity index is 2.23. The highest BCUT2D eigenvalue weighted by molar-refractivity contribution is 7.92. The molecular formula is C15H13ClO4S. The number of hydrogen-bond donors (Lipinski definition) is 0. The van der Waals surface area contributed by atoms with E-state index in [4.69, 9.17) is 16.3 Å². The largest absolute Gasteiger partial charge is 0.497 e. The van der Waals surface area contributed by atoms with Gasteiger partial charge < -0.3 is 4.74 Å². The number of ether oxygens (including phenoxy) is 1. The summed E-state index contributed by atoms with van der Waals surface area (Å²) < 4.78 is 29.4. The van der Waals surface area contributed by atoms with Crippen molar-refractivity contribution in [2.24, 2.45) is 0 Å². The van der Waals surface area contributed by atoms with Crippen molar-refractivity contribution in [2.75, 3.05) is 12.9 Å². The predicted molar refractivity (Wildman–Crippen MR) is 80.8 cm³/mol. The molecular weight excluding hydrogens is 312 g/mol. The number of carbonyl (C=O) groups excluding carboxylic acids is 1. The molecule has 0 heterocycles. The molecule has 6 heteroatoms. The van der Waals surface area contributed by atoms with Crippen LogP contribution < -0.4 is 4.74 Å². The lowest BCUT2D eigenvalue weighted by Crippen LogP contribution is -2.16. The zero-order chi connectivity index (χ0) is 15.5. The number of rotatable bonds is 5. The van der Waals surface area contributed by atoms with Gasteiger partial charge in [-0.15, -0.1) is 0 Å². The van der Waals surface area contributed by atoms with Crippen molar-refractivity contribution in [1.82, 2.24) is 0 Å². The van der Waals surface area contributed by atoms with Crippen molar-refractivity contribution in [3.63, 3.8) is 0 Å². The highest BCUT2D eigenvalue weighted by Crippen LogP contribution is 2.18. The zero-order valence-corrected chi connectivity index (χ0v) is 12.8. The molecule has 0 bridgehead atoms. The van der Waals surface area contributed by atoms with E-state index in [0.29, 0.717) is 16.3 Å². The van der Waals surface area contributed by atoms with Crippen molar-refractivity contribution < 1.29 is 17.9 Å². The van der Waals surface area contributed by atoms with Gasteiger partial charge in [-0.25, -0.2) is 8.42 Å². The molecule has 0 amide bonds. The average molecular weight is 325 g/mol. The van der Waals surface area contributed by atoms with Gasteiger partial charge in [0.25, 0.3) is 0 Å². The Morgan fingerprint density at radius 1 is 1.14 bits per heavy atom. The van der Waals surface area contributed by atoms with Crippen LogP contribution in [0.1, 0.15) is 10.4 Å². The summed E-state index contributed by atoms with van der Waals surface area (Å²) in [6.07, 6.45) is 0. The second-order valence-electron chi connectivity index (χ2n) is 4.37. The molecule has 4 nitrogen and oxygen atoms in total. The van der Waals surface area contributed by atoms with Crippen molar-refractivity contribution >= 4 is 27.2 Å². The molecule has 0 spiro atoms. The minimum Gasteiger partial charge on any atom is -0.497 e. The van der Waals surface area contributed by atoms with E-state index in [-0.39, 0.29) is 4.90 Å². The van der Waals surface area contributed by atoms with Gasteiger partial charge >= 0.3 is 0 Å². The summed E-state index contributed by atoms with van der Waals surface area (Å²) >= 11 is 5.72. The molecule has 0 unspecified atom stereocenters. The number of methoxy groups -OCH3 is 1. The standard InChI is InChI=1S/C15H13ClO4S/c1-20-13-4-2-3-11(9-13)15(17)10-21(18,19)14-7-5-12(16)6-8-14/h2-9H,10H2,1H3. The van der Waals surface area contributed by atoms with Gasteiger partial charge in [0.15, 0.2) is 15.6 Å². The SMILES string of the molecule is COc1cccc(C(=O)CS(=O)(=O)c2ccc(Cl)cc2)c1. The number of carbonyl (C=O) groups is 1. The van der Waals surface area contributed by atoms with E-state index < -0.39 is 21.4 Å². The molecule has 0 atom stereocenters. The fourth-order valence-electron chi connectivity index (χ4n) is 1.78. The molecule has 0 aliphatic carbocycles. The fourth-order valence-corrected chi connectivity index (χ4v) is 3.13. The summed E-state index contributed by atoms with van der Waals surface area (Å²) in [5.74, 6) is -0.574. The third-order valence-electron chi connectivity index (χ3n) is 2.89. The van der Waals surface area contributed by atoms with Crippen LogP contribution in [0.2, 0.25) is 5.02 Å². The summed E-state index contributed by atoms with van der Waals surface area (Å²) in [6.45, 7) is 0. The van der Waals surface area contributed by atoms with Crippen LogP contribution in [-0.2, 0) is 9.84 Å². The average Bonchev–Trinajstić information content (AvgIpc) is 2.47. The zero-order valence-electron chi connectivity index (χ0n) is 11.2. The first kappa shape index (κ1) is 15.5. The van der Waals surface area contributed by atoms with Crippen LogP contribution in [0.15, 0.2) is 53.4 Å². The fraction of sp³-hybridized carbons (Fsp3) is 0.133. The minimum atomic E-state index is -3.69. The van der Waals surface area contributed by atoms with Crippen LogP contribution in [0.5, 0.6) is 5.75 Å². The Kier molecular flexibility index (Phi) is 4.65. The minimum absolute atomic E-state index is 0.0724. The van der Waals surface area contributed by atoms with E-state index in [9.17, 15) is 13.2 Å². The maximum absolute atomic E-state index is 12.2. The molecule has 0 saturated carbocycles.